The summed E-state index contributed by atoms with van der Waals surface area (Å²) in [5.41, 5.74) is 13.2. The van der Waals surface area contributed by atoms with Gasteiger partial charge in [0, 0.05) is 24.4 Å². The third-order valence-electron chi connectivity index (χ3n) is 4.82. The Morgan fingerprint density at radius 3 is 1.95 bits per heavy atom. The Morgan fingerprint density at radius 2 is 1.46 bits per heavy atom. The quantitative estimate of drug-likeness (QED) is 0.113. The molecule has 0 bridgehead atoms. The summed E-state index contributed by atoms with van der Waals surface area (Å²) >= 11 is 1.63. The number of carbonyl (C=O) groups excluding carboxylic acids is 2. The lowest BCUT2D eigenvalue weighted by atomic mass is 10.0. The molecule has 0 saturated carbocycles. The number of aryl methyl sites for hydroxylation is 1. The van der Waals surface area contributed by atoms with Crippen LogP contribution in [-0.2, 0) is 0 Å². The van der Waals surface area contributed by atoms with Crippen LogP contribution >= 0.6 is 22.6 Å². The molecule has 218 valence electrons. The standard InChI is InChI=1S/C10H14F2N4O4.C9H10F2IN3O4/c1-4-2-16(9(20)15-7(4)14)8(19)10(11,12)6(13)5(18)3-17;10-9(11,1-4(17)3-16)7(18)15-2-5(12)6(13)14-8(15)19/h2,5-6,17-18H,3,13H2,1H3,(H2,14,15,20);2,4,16-17H,1,3H2,(H2,13,14,19)/t5-,6-;4-/m10/s1. The molecule has 0 aliphatic heterocycles. The molecular formula is C19H24F4IN7O8. The zero-order valence-corrected chi connectivity index (χ0v) is 22.0. The first kappa shape index (κ1) is 34.0. The van der Waals surface area contributed by atoms with E-state index in [-0.39, 0.29) is 29.9 Å². The first-order chi connectivity index (χ1) is 17.8. The number of rotatable bonds is 8. The number of hydrogen-bond donors (Lipinski definition) is 7. The van der Waals surface area contributed by atoms with Gasteiger partial charge in [-0.15, -0.1) is 0 Å². The molecule has 39 heavy (non-hydrogen) atoms. The van der Waals surface area contributed by atoms with Crippen LogP contribution in [0.15, 0.2) is 22.0 Å². The highest BCUT2D eigenvalue weighted by Crippen LogP contribution is 2.23. The largest absolute Gasteiger partial charge is 0.394 e. The number of anilines is 2. The maximum atomic E-state index is 13.8. The van der Waals surface area contributed by atoms with Crippen molar-refractivity contribution in [2.75, 3.05) is 24.7 Å². The topological polar surface area (TPSA) is 263 Å². The number of nitrogens with two attached hydrogens (primary N) is 3. The molecule has 2 aromatic rings. The van der Waals surface area contributed by atoms with Gasteiger partial charge in [0.25, 0.3) is 0 Å². The minimum Gasteiger partial charge on any atom is -0.394 e. The van der Waals surface area contributed by atoms with E-state index in [0.29, 0.717) is 0 Å². The molecule has 10 N–H and O–H groups in total. The van der Waals surface area contributed by atoms with Gasteiger partial charge in [-0.2, -0.15) is 27.5 Å². The Morgan fingerprint density at radius 1 is 0.974 bits per heavy atom. The van der Waals surface area contributed by atoms with Crippen LogP contribution in [0.5, 0.6) is 0 Å². The van der Waals surface area contributed by atoms with E-state index < -0.39 is 72.9 Å². The van der Waals surface area contributed by atoms with Gasteiger partial charge >= 0.3 is 35.0 Å². The molecule has 0 amide bonds. The minimum absolute atomic E-state index is 0.0651. The van der Waals surface area contributed by atoms with Crippen molar-refractivity contribution in [3.05, 3.63) is 42.5 Å². The summed E-state index contributed by atoms with van der Waals surface area (Å²) in [6, 6.07) is -2.37. The highest BCUT2D eigenvalue weighted by molar-refractivity contribution is 14.1. The molecule has 3 atom stereocenters. The van der Waals surface area contributed by atoms with Crippen LogP contribution < -0.4 is 28.6 Å². The van der Waals surface area contributed by atoms with E-state index in [1.54, 1.807) is 22.6 Å². The Balaban J connectivity index is 0.000000391. The summed E-state index contributed by atoms with van der Waals surface area (Å²) in [5, 5.41) is 35.1. The predicted octanol–water partition coefficient (Wildman–Crippen LogP) is -2.46. The SMILES string of the molecule is Cc1cn(C(=O)C(F)(F)[C@H](N)[C@H](O)CO)c(=O)nc1N.Nc1nc(=O)n(C(=O)C(F)(F)C[C@H](O)CO)cc1I. The third kappa shape index (κ3) is 8.22. The van der Waals surface area contributed by atoms with E-state index in [0.717, 1.165) is 12.4 Å². The summed E-state index contributed by atoms with van der Waals surface area (Å²) in [7, 11) is 0. The maximum Gasteiger partial charge on any atom is 0.356 e. The molecular weight excluding hydrogens is 657 g/mol. The highest BCUT2D eigenvalue weighted by Gasteiger charge is 2.49. The van der Waals surface area contributed by atoms with Crippen LogP contribution in [0.4, 0.5) is 29.2 Å². The van der Waals surface area contributed by atoms with Gasteiger partial charge in [-0.1, -0.05) is 0 Å². The van der Waals surface area contributed by atoms with Crippen LogP contribution in [0, 0.1) is 10.5 Å². The third-order valence-corrected chi connectivity index (χ3v) is 5.65. The average Bonchev–Trinajstić information content (AvgIpc) is 2.86. The number of nitrogens with zero attached hydrogens (tertiary/aromatic N) is 4. The van der Waals surface area contributed by atoms with Gasteiger partial charge in [0.2, 0.25) is 0 Å². The first-order valence-electron chi connectivity index (χ1n) is 10.4. The molecule has 2 aromatic heterocycles. The zero-order chi connectivity index (χ0) is 30.5. The number of aliphatic hydroxyl groups excluding tert-OH is 4. The van der Waals surface area contributed by atoms with Gasteiger partial charge in [-0.05, 0) is 29.5 Å². The fourth-order valence-corrected chi connectivity index (χ4v) is 2.98. The van der Waals surface area contributed by atoms with Crippen molar-refractivity contribution in [2.45, 2.75) is 43.4 Å². The van der Waals surface area contributed by atoms with E-state index in [2.05, 4.69) is 9.97 Å². The normalized spacial score (nSPS) is 14.1. The van der Waals surface area contributed by atoms with E-state index in [1.807, 2.05) is 0 Å². The van der Waals surface area contributed by atoms with Crippen LogP contribution in [-0.4, -0.2) is 94.7 Å². The summed E-state index contributed by atoms with van der Waals surface area (Å²) in [5.74, 6) is -12.4. The van der Waals surface area contributed by atoms with Gasteiger partial charge in [0.1, 0.15) is 17.7 Å². The molecule has 0 aliphatic carbocycles. The van der Waals surface area contributed by atoms with Gasteiger partial charge in [0.15, 0.2) is 0 Å². The molecule has 0 radical (unpaired) electrons. The molecule has 0 aliphatic rings. The Kier molecular flexibility index (Phi) is 11.6. The van der Waals surface area contributed by atoms with Crippen molar-refractivity contribution in [2.24, 2.45) is 5.73 Å². The number of hydrogen-bond acceptors (Lipinski definition) is 13. The Bertz CT molecular complexity index is 1320. The molecule has 0 aromatic carbocycles. The fraction of sp³-hybridized carbons (Fsp3) is 0.474. The van der Waals surface area contributed by atoms with Crippen molar-refractivity contribution < 1.29 is 47.6 Å². The van der Waals surface area contributed by atoms with E-state index in [4.69, 9.17) is 37.6 Å². The van der Waals surface area contributed by atoms with Gasteiger partial charge < -0.3 is 37.6 Å². The summed E-state index contributed by atoms with van der Waals surface area (Å²) in [6.45, 7) is -0.612. The van der Waals surface area contributed by atoms with Crippen molar-refractivity contribution in [3.8, 4) is 0 Å². The van der Waals surface area contributed by atoms with E-state index >= 15 is 0 Å². The lowest BCUT2D eigenvalue weighted by Gasteiger charge is -2.25. The lowest BCUT2D eigenvalue weighted by molar-refractivity contribution is -0.0574. The van der Waals surface area contributed by atoms with Crippen LogP contribution in [0.2, 0.25) is 0 Å². The number of aromatic nitrogens is 4. The van der Waals surface area contributed by atoms with Crippen molar-refractivity contribution in [1.29, 1.82) is 0 Å². The fourth-order valence-electron chi connectivity index (χ4n) is 2.58. The summed E-state index contributed by atoms with van der Waals surface area (Å²) in [6.07, 6.45) is -3.44. The molecule has 15 nitrogen and oxygen atoms in total. The molecule has 0 unspecified atom stereocenters. The Hall–Kier alpha value is -3.05. The summed E-state index contributed by atoms with van der Waals surface area (Å²) < 4.78 is 54.9. The van der Waals surface area contributed by atoms with Crippen molar-refractivity contribution in [1.82, 2.24) is 19.1 Å². The zero-order valence-electron chi connectivity index (χ0n) is 19.8. The number of nitrogen functional groups attached to an aromatic ring is 2. The maximum absolute atomic E-state index is 13.8. The Labute approximate surface area is 229 Å². The summed E-state index contributed by atoms with van der Waals surface area (Å²) in [4.78, 5) is 52.4. The number of halogens is 5. The number of aliphatic hydroxyl groups is 4. The minimum atomic E-state index is -4.27. The van der Waals surface area contributed by atoms with E-state index in [1.165, 1.54) is 6.92 Å². The number of alkyl halides is 4. The molecule has 2 heterocycles. The van der Waals surface area contributed by atoms with Crippen LogP contribution in [0.3, 0.4) is 0 Å². The smallest absolute Gasteiger partial charge is 0.356 e. The second-order valence-corrected chi connectivity index (χ2v) is 9.00. The van der Waals surface area contributed by atoms with Gasteiger partial charge in [-0.25, -0.2) is 18.7 Å². The second-order valence-electron chi connectivity index (χ2n) is 7.84. The van der Waals surface area contributed by atoms with Gasteiger partial charge in [0.05, 0.1) is 29.0 Å². The number of carbonyl (C=O) groups is 2. The molecule has 0 spiro atoms. The van der Waals surface area contributed by atoms with Crippen LogP contribution in [0.25, 0.3) is 0 Å². The molecule has 2 rings (SSSR count). The molecule has 20 heteroatoms. The highest BCUT2D eigenvalue weighted by atomic mass is 127. The van der Waals surface area contributed by atoms with Gasteiger partial charge in [-0.3, -0.25) is 9.59 Å². The van der Waals surface area contributed by atoms with Crippen molar-refractivity contribution >= 4 is 46.0 Å². The van der Waals surface area contributed by atoms with Crippen molar-refractivity contribution in [3.63, 3.8) is 0 Å². The average molecular weight is 681 g/mol. The van der Waals surface area contributed by atoms with E-state index in [9.17, 15) is 36.7 Å². The van der Waals surface area contributed by atoms with Crippen LogP contribution in [0.1, 0.15) is 21.6 Å². The predicted molar refractivity (Wildman–Crippen MR) is 133 cm³/mol. The monoisotopic (exact) mass is 681 g/mol. The lowest BCUT2D eigenvalue weighted by Crippen LogP contribution is -2.57. The molecule has 0 fully saturated rings. The first-order valence-corrected chi connectivity index (χ1v) is 11.5. The second kappa shape index (κ2) is 13.3. The molecule has 0 saturated heterocycles.